The van der Waals surface area contributed by atoms with E-state index >= 15 is 0 Å². The van der Waals surface area contributed by atoms with Crippen molar-refractivity contribution in [3.63, 3.8) is 0 Å². The molecule has 0 bridgehead atoms. The smallest absolute Gasteiger partial charge is 0.166 e. The molecule has 0 saturated carbocycles. The number of phenols is 1. The van der Waals surface area contributed by atoms with Gasteiger partial charge in [0.05, 0.1) is 13.3 Å². The average molecular weight is 312 g/mol. The van der Waals surface area contributed by atoms with Crippen LogP contribution in [-0.4, -0.2) is 22.0 Å². The average Bonchev–Trinajstić information content (AvgIpc) is 2.66. The van der Waals surface area contributed by atoms with Crippen molar-refractivity contribution in [2.45, 2.75) is 6.92 Å². The Kier molecular flexibility index (Phi) is 3.21. The van der Waals surface area contributed by atoms with Crippen molar-refractivity contribution < 1.29 is 9.84 Å². The molecular formula is C12H14BrN3O2. The molecule has 1 heterocycles. The Hall–Kier alpha value is -1.69. The minimum Gasteiger partial charge on any atom is -0.504 e. The zero-order chi connectivity index (χ0) is 13.4. The number of halogens is 1. The predicted octanol–water partition coefficient (Wildman–Crippen LogP) is 2.45. The van der Waals surface area contributed by atoms with Crippen molar-refractivity contribution >= 4 is 21.7 Å². The highest BCUT2D eigenvalue weighted by Gasteiger charge is 2.18. The van der Waals surface area contributed by atoms with Crippen molar-refractivity contribution in [2.24, 2.45) is 7.05 Å². The highest BCUT2D eigenvalue weighted by atomic mass is 79.9. The van der Waals surface area contributed by atoms with E-state index in [0.717, 1.165) is 10.0 Å². The molecule has 2 rings (SSSR count). The van der Waals surface area contributed by atoms with E-state index < -0.39 is 0 Å². The summed E-state index contributed by atoms with van der Waals surface area (Å²) in [6.45, 7) is 1.86. The number of aromatic nitrogens is 2. The molecule has 96 valence electrons. The molecule has 0 amide bonds. The molecule has 0 aliphatic carbocycles. The fraction of sp³-hybridized carbons (Fsp3) is 0.250. The fourth-order valence-corrected chi connectivity index (χ4v) is 2.23. The van der Waals surface area contributed by atoms with Crippen molar-refractivity contribution in [1.29, 1.82) is 0 Å². The van der Waals surface area contributed by atoms with Gasteiger partial charge >= 0.3 is 0 Å². The molecule has 2 aromatic rings. The van der Waals surface area contributed by atoms with Gasteiger partial charge in [0.1, 0.15) is 5.82 Å². The number of methoxy groups -OCH3 is 1. The zero-order valence-corrected chi connectivity index (χ0v) is 11.9. The van der Waals surface area contributed by atoms with E-state index in [1.165, 1.54) is 7.11 Å². The van der Waals surface area contributed by atoms with Gasteiger partial charge in [0.15, 0.2) is 11.5 Å². The molecule has 0 fully saturated rings. The van der Waals surface area contributed by atoms with Gasteiger partial charge in [0, 0.05) is 28.2 Å². The van der Waals surface area contributed by atoms with Crippen LogP contribution < -0.4 is 10.5 Å². The third kappa shape index (κ3) is 1.82. The van der Waals surface area contributed by atoms with Gasteiger partial charge < -0.3 is 15.6 Å². The second kappa shape index (κ2) is 4.53. The maximum atomic E-state index is 10.2. The standard InChI is InChI=1S/C12H14BrN3O2/c1-6-9(13)4-7(10(17)11(6)18-3)8-5-15-16(2)12(8)14/h4-5,17H,14H2,1-3H3. The van der Waals surface area contributed by atoms with Crippen LogP contribution in [0.3, 0.4) is 0 Å². The van der Waals surface area contributed by atoms with Gasteiger partial charge in [-0.1, -0.05) is 15.9 Å². The van der Waals surface area contributed by atoms with Crippen LogP contribution in [0.4, 0.5) is 5.82 Å². The number of phenolic OH excluding ortho intramolecular Hbond substituents is 1. The normalized spacial score (nSPS) is 10.7. The molecule has 3 N–H and O–H groups in total. The van der Waals surface area contributed by atoms with Gasteiger partial charge in [0.25, 0.3) is 0 Å². The number of nitrogens with two attached hydrogens (primary N) is 1. The highest BCUT2D eigenvalue weighted by Crippen LogP contribution is 2.44. The summed E-state index contributed by atoms with van der Waals surface area (Å²) in [5.74, 6) is 0.989. The third-order valence-corrected chi connectivity index (χ3v) is 3.74. The summed E-state index contributed by atoms with van der Waals surface area (Å²) in [5.41, 5.74) is 8.02. The van der Waals surface area contributed by atoms with Crippen molar-refractivity contribution in [3.05, 3.63) is 22.3 Å². The lowest BCUT2D eigenvalue weighted by molar-refractivity contribution is 0.371. The van der Waals surface area contributed by atoms with E-state index in [1.54, 1.807) is 24.0 Å². The number of hydrogen-bond acceptors (Lipinski definition) is 4. The minimum atomic E-state index is 0.0675. The van der Waals surface area contributed by atoms with E-state index in [0.29, 0.717) is 22.7 Å². The maximum Gasteiger partial charge on any atom is 0.166 e. The SMILES string of the molecule is COc1c(C)c(Br)cc(-c2cnn(C)c2N)c1O. The lowest BCUT2D eigenvalue weighted by Crippen LogP contribution is -1.98. The van der Waals surface area contributed by atoms with E-state index in [4.69, 9.17) is 10.5 Å². The number of nitrogen functional groups attached to an aromatic ring is 1. The summed E-state index contributed by atoms with van der Waals surface area (Å²) in [4.78, 5) is 0. The minimum absolute atomic E-state index is 0.0675. The molecule has 0 unspecified atom stereocenters. The summed E-state index contributed by atoms with van der Waals surface area (Å²) in [6, 6.07) is 1.81. The second-order valence-corrected chi connectivity index (χ2v) is 4.83. The number of ether oxygens (including phenoxy) is 1. The quantitative estimate of drug-likeness (QED) is 0.893. The van der Waals surface area contributed by atoms with Crippen LogP contribution in [-0.2, 0) is 7.05 Å². The number of benzene rings is 1. The molecule has 1 aromatic carbocycles. The van der Waals surface area contributed by atoms with Crippen LogP contribution >= 0.6 is 15.9 Å². The number of aromatic hydroxyl groups is 1. The molecule has 1 aromatic heterocycles. The van der Waals surface area contributed by atoms with Crippen molar-refractivity contribution in [3.8, 4) is 22.6 Å². The van der Waals surface area contributed by atoms with E-state index in [2.05, 4.69) is 21.0 Å². The first kappa shape index (κ1) is 12.8. The summed E-state index contributed by atoms with van der Waals surface area (Å²) < 4.78 is 7.61. The Morgan fingerprint density at radius 1 is 1.44 bits per heavy atom. The summed E-state index contributed by atoms with van der Waals surface area (Å²) >= 11 is 3.44. The molecule has 0 radical (unpaired) electrons. The second-order valence-electron chi connectivity index (χ2n) is 3.98. The Balaban J connectivity index is 2.73. The Morgan fingerprint density at radius 2 is 2.11 bits per heavy atom. The Bertz CT molecular complexity index is 608. The first-order chi connectivity index (χ1) is 8.47. The van der Waals surface area contributed by atoms with Crippen LogP contribution in [0.5, 0.6) is 11.5 Å². The molecule has 6 heteroatoms. The van der Waals surface area contributed by atoms with Gasteiger partial charge in [0.2, 0.25) is 0 Å². The van der Waals surface area contributed by atoms with Gasteiger partial charge in [-0.2, -0.15) is 5.10 Å². The molecule has 0 saturated heterocycles. The fourth-order valence-electron chi connectivity index (χ4n) is 1.82. The van der Waals surface area contributed by atoms with Gasteiger partial charge in [-0.15, -0.1) is 0 Å². The summed E-state index contributed by atoms with van der Waals surface area (Å²) in [6.07, 6.45) is 1.62. The van der Waals surface area contributed by atoms with E-state index in [9.17, 15) is 5.11 Å². The van der Waals surface area contributed by atoms with E-state index in [1.807, 2.05) is 6.92 Å². The van der Waals surface area contributed by atoms with Gasteiger partial charge in [-0.05, 0) is 13.0 Å². The molecule has 0 aliphatic heterocycles. The van der Waals surface area contributed by atoms with Crippen LogP contribution in [0.2, 0.25) is 0 Å². The monoisotopic (exact) mass is 311 g/mol. The third-order valence-electron chi connectivity index (χ3n) is 2.92. The summed E-state index contributed by atoms with van der Waals surface area (Å²) in [5, 5.41) is 14.3. The number of hydrogen-bond donors (Lipinski definition) is 2. The Labute approximate surface area is 113 Å². The lowest BCUT2D eigenvalue weighted by Gasteiger charge is -2.13. The predicted molar refractivity (Wildman–Crippen MR) is 73.7 cm³/mol. The van der Waals surface area contributed by atoms with Crippen molar-refractivity contribution in [2.75, 3.05) is 12.8 Å². The molecule has 0 atom stereocenters. The first-order valence-electron chi connectivity index (χ1n) is 5.31. The lowest BCUT2D eigenvalue weighted by atomic mass is 10.0. The highest BCUT2D eigenvalue weighted by molar-refractivity contribution is 9.10. The van der Waals surface area contributed by atoms with Crippen LogP contribution in [0.25, 0.3) is 11.1 Å². The van der Waals surface area contributed by atoms with Crippen LogP contribution in [0, 0.1) is 6.92 Å². The van der Waals surface area contributed by atoms with E-state index in [-0.39, 0.29) is 5.75 Å². The Morgan fingerprint density at radius 3 is 2.61 bits per heavy atom. The zero-order valence-electron chi connectivity index (χ0n) is 10.4. The molecule has 18 heavy (non-hydrogen) atoms. The van der Waals surface area contributed by atoms with Crippen LogP contribution in [0.15, 0.2) is 16.7 Å². The molecule has 0 spiro atoms. The topological polar surface area (TPSA) is 73.3 Å². The molecule has 5 nitrogen and oxygen atoms in total. The maximum absolute atomic E-state index is 10.2. The number of aryl methyl sites for hydroxylation is 1. The van der Waals surface area contributed by atoms with Gasteiger partial charge in [-0.3, -0.25) is 4.68 Å². The van der Waals surface area contributed by atoms with Crippen molar-refractivity contribution in [1.82, 2.24) is 9.78 Å². The van der Waals surface area contributed by atoms with Gasteiger partial charge in [-0.25, -0.2) is 0 Å². The number of anilines is 1. The number of rotatable bonds is 2. The molecule has 0 aliphatic rings. The number of nitrogens with zero attached hydrogens (tertiary/aromatic N) is 2. The molecular weight excluding hydrogens is 298 g/mol. The first-order valence-corrected chi connectivity index (χ1v) is 6.10. The summed E-state index contributed by atoms with van der Waals surface area (Å²) in [7, 11) is 3.27. The largest absolute Gasteiger partial charge is 0.504 e. The van der Waals surface area contributed by atoms with Crippen LogP contribution in [0.1, 0.15) is 5.56 Å².